The number of esters is 2. The first-order valence-electron chi connectivity index (χ1n) is 9.23. The smallest absolute Gasteiger partial charge is 0.407 e. The number of carbonyl (C=O) groups is 2. The second-order valence-electron chi connectivity index (χ2n) is 6.66. The van der Waals surface area contributed by atoms with Crippen molar-refractivity contribution < 1.29 is 23.7 Å². The van der Waals surface area contributed by atoms with Crippen LogP contribution >= 0.6 is 31.9 Å². The molecule has 8 heteroatoms. The SMILES string of the molecule is COC(=O)C(=C1c2cc(Br)ccc2-c2ccc(Br)cc21)C(C(=O)OC)=[N+]1C=CC=CN1. The van der Waals surface area contributed by atoms with Gasteiger partial charge < -0.3 is 9.47 Å². The lowest BCUT2D eigenvalue weighted by atomic mass is 9.94. The number of hydrogen-bond acceptors (Lipinski definition) is 5. The Labute approximate surface area is 195 Å². The number of carbonyl (C=O) groups excluding carboxylic acids is 2. The summed E-state index contributed by atoms with van der Waals surface area (Å²) in [6, 6.07) is 11.7. The summed E-state index contributed by atoms with van der Waals surface area (Å²) in [5.74, 6) is -1.33. The van der Waals surface area contributed by atoms with Crippen LogP contribution < -0.4 is 5.43 Å². The van der Waals surface area contributed by atoms with Gasteiger partial charge in [-0.1, -0.05) is 48.7 Å². The Morgan fingerprint density at radius 2 is 1.42 bits per heavy atom. The van der Waals surface area contributed by atoms with Crippen LogP contribution in [0.4, 0.5) is 0 Å². The molecule has 4 rings (SSSR count). The molecule has 0 saturated heterocycles. The van der Waals surface area contributed by atoms with Gasteiger partial charge in [0.2, 0.25) is 6.20 Å². The first-order chi connectivity index (χ1) is 15.0. The van der Waals surface area contributed by atoms with Crippen LogP contribution in [0.5, 0.6) is 0 Å². The summed E-state index contributed by atoms with van der Waals surface area (Å²) in [6.45, 7) is 0. The van der Waals surface area contributed by atoms with Gasteiger partial charge in [-0.3, -0.25) is 0 Å². The number of nitrogens with zero attached hydrogens (tertiary/aromatic N) is 1. The highest BCUT2D eigenvalue weighted by Gasteiger charge is 2.40. The van der Waals surface area contributed by atoms with E-state index in [1.807, 2.05) is 36.4 Å². The van der Waals surface area contributed by atoms with Crippen molar-refractivity contribution in [1.82, 2.24) is 5.43 Å². The van der Waals surface area contributed by atoms with Crippen LogP contribution in [0.25, 0.3) is 16.7 Å². The van der Waals surface area contributed by atoms with E-state index >= 15 is 0 Å². The Morgan fingerprint density at radius 3 is 1.90 bits per heavy atom. The second-order valence-corrected chi connectivity index (χ2v) is 8.49. The maximum absolute atomic E-state index is 13.2. The molecule has 0 fully saturated rings. The van der Waals surface area contributed by atoms with Crippen LogP contribution in [-0.4, -0.2) is 36.6 Å². The summed E-state index contributed by atoms with van der Waals surface area (Å²) in [7, 11) is 2.56. The molecular formula is C23H17Br2N2O4+. The van der Waals surface area contributed by atoms with Gasteiger partial charge in [0.05, 0.1) is 20.4 Å². The number of methoxy groups -OCH3 is 2. The van der Waals surface area contributed by atoms with E-state index in [0.29, 0.717) is 5.57 Å². The minimum atomic E-state index is -0.680. The molecule has 6 nitrogen and oxygen atoms in total. The molecular weight excluding hydrogens is 528 g/mol. The zero-order chi connectivity index (χ0) is 22.1. The summed E-state index contributed by atoms with van der Waals surface area (Å²) >= 11 is 7.04. The average Bonchev–Trinajstić information content (AvgIpc) is 3.09. The van der Waals surface area contributed by atoms with Crippen LogP contribution in [0.1, 0.15) is 11.1 Å². The molecule has 1 heterocycles. The van der Waals surface area contributed by atoms with Gasteiger partial charge in [0, 0.05) is 20.6 Å². The molecule has 1 aliphatic heterocycles. The van der Waals surface area contributed by atoms with E-state index in [9.17, 15) is 9.59 Å². The van der Waals surface area contributed by atoms with E-state index in [-0.39, 0.29) is 11.3 Å². The number of hydrogen-bond donors (Lipinski definition) is 1. The number of hydrazine groups is 1. The van der Waals surface area contributed by atoms with Crippen LogP contribution in [0, 0.1) is 0 Å². The number of allylic oxidation sites excluding steroid dienone is 2. The fourth-order valence-corrected chi connectivity index (χ4v) is 4.39. The number of ether oxygens (including phenoxy) is 2. The molecule has 2 aromatic rings. The van der Waals surface area contributed by atoms with Crippen molar-refractivity contribution in [1.29, 1.82) is 0 Å². The van der Waals surface area contributed by atoms with Crippen molar-refractivity contribution in [3.8, 4) is 11.1 Å². The zero-order valence-electron chi connectivity index (χ0n) is 16.6. The molecule has 2 aromatic carbocycles. The quantitative estimate of drug-likeness (QED) is 0.302. The van der Waals surface area contributed by atoms with Gasteiger partial charge in [0.25, 0.3) is 0 Å². The van der Waals surface area contributed by atoms with Crippen LogP contribution in [0.15, 0.2) is 75.5 Å². The van der Waals surface area contributed by atoms with E-state index < -0.39 is 11.9 Å². The number of halogens is 2. The standard InChI is InChI=1S/C23H16Br2N2O4/c1-30-22(28)20(21(23(29)31-2)27-10-4-3-9-26-27)19-17-11-13(24)5-7-15(17)16-8-6-14(25)12-18(16)19/h3-12H,1-2H3/p+1. The van der Waals surface area contributed by atoms with E-state index in [4.69, 9.17) is 9.47 Å². The molecule has 0 saturated carbocycles. The lowest BCUT2D eigenvalue weighted by molar-refractivity contribution is -0.510. The summed E-state index contributed by atoms with van der Waals surface area (Å²) in [5.41, 5.74) is 7.17. The zero-order valence-corrected chi connectivity index (χ0v) is 19.8. The van der Waals surface area contributed by atoms with Crippen molar-refractivity contribution in [3.63, 3.8) is 0 Å². The van der Waals surface area contributed by atoms with Crippen LogP contribution in [0.3, 0.4) is 0 Å². The molecule has 0 aromatic heterocycles. The lowest BCUT2D eigenvalue weighted by Crippen LogP contribution is -2.37. The van der Waals surface area contributed by atoms with Crippen molar-refractivity contribution in [3.05, 3.63) is 86.6 Å². The minimum absolute atomic E-state index is 0.0173. The van der Waals surface area contributed by atoms with Crippen LogP contribution in [0.2, 0.25) is 0 Å². The highest BCUT2D eigenvalue weighted by Crippen LogP contribution is 2.47. The van der Waals surface area contributed by atoms with Gasteiger partial charge in [-0.25, -0.2) is 9.59 Å². The first-order valence-corrected chi connectivity index (χ1v) is 10.8. The van der Waals surface area contributed by atoms with Crippen molar-refractivity contribution >= 4 is 55.1 Å². The minimum Gasteiger partial charge on any atom is -0.465 e. The first kappa shape index (κ1) is 21.3. The lowest BCUT2D eigenvalue weighted by Gasteiger charge is -2.13. The molecule has 0 unspecified atom stereocenters. The summed E-state index contributed by atoms with van der Waals surface area (Å²) in [5, 5.41) is 0. The number of benzene rings is 2. The number of fused-ring (bicyclic) bond motifs is 3. The van der Waals surface area contributed by atoms with E-state index in [2.05, 4.69) is 37.3 Å². The Morgan fingerprint density at radius 1 is 0.839 bits per heavy atom. The predicted molar refractivity (Wildman–Crippen MR) is 124 cm³/mol. The largest absolute Gasteiger partial charge is 0.465 e. The second kappa shape index (κ2) is 8.64. The fraction of sp³-hybridized carbons (Fsp3) is 0.0870. The number of nitrogens with one attached hydrogen (secondary N) is 1. The third kappa shape index (κ3) is 3.77. The van der Waals surface area contributed by atoms with Gasteiger partial charge in [-0.05, 0) is 52.6 Å². The Bertz CT molecular complexity index is 1190. The molecule has 156 valence electrons. The van der Waals surface area contributed by atoms with Gasteiger partial charge in [0.15, 0.2) is 5.57 Å². The highest BCUT2D eigenvalue weighted by molar-refractivity contribution is 9.10. The van der Waals surface area contributed by atoms with Gasteiger partial charge >= 0.3 is 17.7 Å². The molecule has 2 aliphatic rings. The number of hydrazone groups is 1. The molecule has 31 heavy (non-hydrogen) atoms. The maximum Gasteiger partial charge on any atom is 0.407 e. The summed E-state index contributed by atoms with van der Waals surface area (Å²) < 4.78 is 13.3. The van der Waals surface area contributed by atoms with Crippen molar-refractivity contribution in [2.45, 2.75) is 0 Å². The molecule has 0 spiro atoms. The predicted octanol–water partition coefficient (Wildman–Crippen LogP) is 4.34. The summed E-state index contributed by atoms with van der Waals surface area (Å²) in [4.78, 5) is 26.1. The summed E-state index contributed by atoms with van der Waals surface area (Å²) in [6.07, 6.45) is 6.79. The highest BCUT2D eigenvalue weighted by atomic mass is 79.9. The molecule has 0 bridgehead atoms. The van der Waals surface area contributed by atoms with Crippen molar-refractivity contribution in [2.24, 2.45) is 0 Å². The Balaban J connectivity index is 2.16. The van der Waals surface area contributed by atoms with Crippen molar-refractivity contribution in [2.75, 3.05) is 14.2 Å². The van der Waals surface area contributed by atoms with E-state index in [1.165, 1.54) is 18.9 Å². The van der Waals surface area contributed by atoms with Gasteiger partial charge in [0.1, 0.15) is 0 Å². The normalized spacial score (nSPS) is 15.0. The average molecular weight is 545 g/mol. The molecule has 0 amide bonds. The Hall–Kier alpha value is -2.97. The third-order valence-corrected chi connectivity index (χ3v) is 5.93. The van der Waals surface area contributed by atoms with Gasteiger partial charge in [-0.15, -0.1) is 0 Å². The van der Waals surface area contributed by atoms with E-state index in [1.54, 1.807) is 24.6 Å². The molecule has 1 N–H and O–H groups in total. The monoisotopic (exact) mass is 543 g/mol. The fourth-order valence-electron chi connectivity index (χ4n) is 3.66. The number of rotatable bonds is 3. The van der Waals surface area contributed by atoms with E-state index in [0.717, 1.165) is 31.2 Å². The Kier molecular flexibility index (Phi) is 5.93. The topological polar surface area (TPSA) is 67.6 Å². The third-order valence-electron chi connectivity index (χ3n) is 4.94. The van der Waals surface area contributed by atoms with Gasteiger partial charge in [-0.2, -0.15) is 5.43 Å². The van der Waals surface area contributed by atoms with Crippen LogP contribution in [-0.2, 0) is 19.1 Å². The molecule has 1 aliphatic carbocycles. The molecule has 0 radical (unpaired) electrons. The molecule has 0 atom stereocenters. The maximum atomic E-state index is 13.2.